The fraction of sp³-hybridized carbons (Fsp3) is 0.172. The van der Waals surface area contributed by atoms with Gasteiger partial charge in [0.2, 0.25) is 0 Å². The van der Waals surface area contributed by atoms with Gasteiger partial charge >= 0.3 is 0 Å². The van der Waals surface area contributed by atoms with Gasteiger partial charge in [-0.3, -0.25) is 0 Å². The van der Waals surface area contributed by atoms with Crippen LogP contribution in [-0.4, -0.2) is 23.0 Å². The van der Waals surface area contributed by atoms with Crippen LogP contribution in [0.1, 0.15) is 30.9 Å². The number of para-hydroxylation sites is 1. The Labute approximate surface area is 200 Å². The summed E-state index contributed by atoms with van der Waals surface area (Å²) in [5.41, 5.74) is 4.87. The molecule has 0 aliphatic heterocycles. The van der Waals surface area contributed by atoms with E-state index in [-0.39, 0.29) is 5.75 Å². The van der Waals surface area contributed by atoms with Crippen LogP contribution in [0.3, 0.4) is 0 Å². The number of ether oxygens (including phenoxy) is 1. The van der Waals surface area contributed by atoms with Crippen LogP contribution in [0, 0.1) is 11.3 Å². The molecule has 0 fully saturated rings. The first kappa shape index (κ1) is 22.9. The van der Waals surface area contributed by atoms with Gasteiger partial charge in [-0.25, -0.2) is 4.99 Å². The Hall–Kier alpha value is -4.30. The number of aliphatic imine (C=N–C) groups is 1. The number of phenols is 1. The summed E-state index contributed by atoms with van der Waals surface area (Å²) in [5, 5.41) is 20.8. The van der Waals surface area contributed by atoms with E-state index in [1.54, 1.807) is 24.4 Å². The van der Waals surface area contributed by atoms with Gasteiger partial charge < -0.3 is 14.4 Å². The zero-order valence-electron chi connectivity index (χ0n) is 19.4. The largest absolute Gasteiger partial charge is 0.504 e. The molecule has 0 spiro atoms. The molecule has 0 saturated carbocycles. The SMILES string of the molecule is CCCCn1c(N=Cc2cccc(OC)c2O)c(C#N)c(-c2ccccc2)c1-c1ccccc1. The summed E-state index contributed by atoms with van der Waals surface area (Å²) in [4.78, 5) is 4.77. The molecule has 0 unspecified atom stereocenters. The van der Waals surface area contributed by atoms with E-state index >= 15 is 0 Å². The Morgan fingerprint density at radius 1 is 0.971 bits per heavy atom. The van der Waals surface area contributed by atoms with Crippen LogP contribution >= 0.6 is 0 Å². The first-order valence-corrected chi connectivity index (χ1v) is 11.4. The number of methoxy groups -OCH3 is 1. The van der Waals surface area contributed by atoms with E-state index in [1.807, 2.05) is 48.5 Å². The Balaban J connectivity index is 1.99. The number of nitriles is 1. The highest BCUT2D eigenvalue weighted by atomic mass is 16.5. The fourth-order valence-electron chi connectivity index (χ4n) is 4.10. The summed E-state index contributed by atoms with van der Waals surface area (Å²) < 4.78 is 7.36. The first-order chi connectivity index (χ1) is 16.7. The number of benzene rings is 3. The van der Waals surface area contributed by atoms with Crippen LogP contribution < -0.4 is 4.74 Å². The molecular weight excluding hydrogens is 422 g/mol. The van der Waals surface area contributed by atoms with Crippen LogP contribution in [0.4, 0.5) is 5.82 Å². The Morgan fingerprint density at radius 2 is 1.65 bits per heavy atom. The van der Waals surface area contributed by atoms with Crippen molar-refractivity contribution in [2.45, 2.75) is 26.3 Å². The zero-order valence-corrected chi connectivity index (χ0v) is 19.4. The summed E-state index contributed by atoms with van der Waals surface area (Å²) in [6, 6.07) is 27.8. The van der Waals surface area contributed by atoms with E-state index in [9.17, 15) is 10.4 Å². The molecule has 5 nitrogen and oxygen atoms in total. The van der Waals surface area contributed by atoms with Crippen molar-refractivity contribution in [1.82, 2.24) is 4.57 Å². The number of hydrogen-bond acceptors (Lipinski definition) is 4. The van der Waals surface area contributed by atoms with Crippen molar-refractivity contribution in [3.63, 3.8) is 0 Å². The molecule has 4 aromatic rings. The van der Waals surface area contributed by atoms with Gasteiger partial charge in [0.15, 0.2) is 17.3 Å². The molecule has 1 N–H and O–H groups in total. The lowest BCUT2D eigenvalue weighted by Gasteiger charge is -2.13. The number of aromatic hydroxyl groups is 1. The fourth-order valence-corrected chi connectivity index (χ4v) is 4.10. The van der Waals surface area contributed by atoms with Crippen molar-refractivity contribution in [3.05, 3.63) is 90.0 Å². The lowest BCUT2D eigenvalue weighted by atomic mass is 9.98. The molecular formula is C29H27N3O2. The molecule has 0 saturated heterocycles. The van der Waals surface area contributed by atoms with E-state index < -0.39 is 0 Å². The third-order valence-corrected chi connectivity index (χ3v) is 5.77. The molecule has 170 valence electrons. The Kier molecular flexibility index (Phi) is 7.10. The topological polar surface area (TPSA) is 70.5 Å². The molecule has 5 heteroatoms. The van der Waals surface area contributed by atoms with Gasteiger partial charge in [-0.15, -0.1) is 0 Å². The van der Waals surface area contributed by atoms with E-state index in [0.29, 0.717) is 22.7 Å². The maximum atomic E-state index is 10.5. The van der Waals surface area contributed by atoms with Crippen LogP contribution in [0.15, 0.2) is 83.9 Å². The molecule has 0 bridgehead atoms. The summed E-state index contributed by atoms with van der Waals surface area (Å²) in [5.74, 6) is 0.974. The van der Waals surface area contributed by atoms with Crippen LogP contribution in [-0.2, 0) is 6.54 Å². The normalized spacial score (nSPS) is 11.0. The van der Waals surface area contributed by atoms with Crippen molar-refractivity contribution in [2.24, 2.45) is 4.99 Å². The molecule has 0 aliphatic carbocycles. The monoisotopic (exact) mass is 449 g/mol. The second-order valence-corrected chi connectivity index (χ2v) is 7.93. The summed E-state index contributed by atoms with van der Waals surface area (Å²) >= 11 is 0. The lowest BCUT2D eigenvalue weighted by Crippen LogP contribution is -2.01. The molecule has 3 aromatic carbocycles. The van der Waals surface area contributed by atoms with E-state index in [4.69, 9.17) is 9.73 Å². The Morgan fingerprint density at radius 3 is 2.26 bits per heavy atom. The second-order valence-electron chi connectivity index (χ2n) is 7.93. The molecule has 4 rings (SSSR count). The summed E-state index contributed by atoms with van der Waals surface area (Å²) in [7, 11) is 1.51. The van der Waals surface area contributed by atoms with Gasteiger partial charge in [-0.05, 0) is 29.7 Å². The predicted molar refractivity (Wildman–Crippen MR) is 137 cm³/mol. The number of aromatic nitrogens is 1. The molecule has 0 radical (unpaired) electrons. The third-order valence-electron chi connectivity index (χ3n) is 5.77. The molecule has 0 aliphatic rings. The van der Waals surface area contributed by atoms with Crippen LogP contribution in [0.2, 0.25) is 0 Å². The van der Waals surface area contributed by atoms with Crippen molar-refractivity contribution in [2.75, 3.05) is 7.11 Å². The second kappa shape index (κ2) is 10.5. The third kappa shape index (κ3) is 4.44. The predicted octanol–water partition coefficient (Wildman–Crippen LogP) is 6.96. The van der Waals surface area contributed by atoms with Gasteiger partial charge in [0.1, 0.15) is 11.6 Å². The minimum atomic E-state index is 0.0190. The van der Waals surface area contributed by atoms with Gasteiger partial charge in [-0.2, -0.15) is 5.26 Å². The number of rotatable bonds is 8. The number of phenolic OH excluding ortho intramolecular Hbond substituents is 1. The molecule has 0 atom stereocenters. The Bertz CT molecular complexity index is 1330. The van der Waals surface area contributed by atoms with E-state index in [0.717, 1.165) is 41.8 Å². The van der Waals surface area contributed by atoms with Gasteiger partial charge in [0.25, 0.3) is 0 Å². The molecule has 1 heterocycles. The average Bonchev–Trinajstić information content (AvgIpc) is 3.20. The van der Waals surface area contributed by atoms with Crippen molar-refractivity contribution in [1.29, 1.82) is 5.26 Å². The molecule has 1 aromatic heterocycles. The zero-order chi connectivity index (χ0) is 23.9. The number of nitrogens with zero attached hydrogens (tertiary/aromatic N) is 3. The standard InChI is InChI=1S/C29H27N3O2/c1-3-4-18-32-27(22-14-9-6-10-15-22)26(21-12-7-5-8-13-21)24(19-30)29(32)31-20-23-16-11-17-25(34-2)28(23)33/h5-17,20,33H,3-4,18H2,1-2H3. The maximum Gasteiger partial charge on any atom is 0.166 e. The minimum Gasteiger partial charge on any atom is -0.504 e. The van der Waals surface area contributed by atoms with Crippen LogP contribution in [0.25, 0.3) is 22.4 Å². The highest BCUT2D eigenvalue weighted by molar-refractivity contribution is 5.93. The molecule has 34 heavy (non-hydrogen) atoms. The summed E-state index contributed by atoms with van der Waals surface area (Å²) in [6.45, 7) is 2.87. The number of hydrogen-bond donors (Lipinski definition) is 1. The molecule has 0 amide bonds. The van der Waals surface area contributed by atoms with E-state index in [2.05, 4.69) is 29.7 Å². The summed E-state index contributed by atoms with van der Waals surface area (Å²) in [6.07, 6.45) is 3.55. The maximum absolute atomic E-state index is 10.5. The minimum absolute atomic E-state index is 0.0190. The van der Waals surface area contributed by atoms with E-state index in [1.165, 1.54) is 7.11 Å². The van der Waals surface area contributed by atoms with Gasteiger partial charge in [0.05, 0.1) is 12.8 Å². The smallest absolute Gasteiger partial charge is 0.166 e. The average molecular weight is 450 g/mol. The van der Waals surface area contributed by atoms with Crippen molar-refractivity contribution < 1.29 is 9.84 Å². The van der Waals surface area contributed by atoms with Crippen molar-refractivity contribution >= 4 is 12.0 Å². The first-order valence-electron chi connectivity index (χ1n) is 11.4. The number of unbranched alkanes of at least 4 members (excludes halogenated alkanes) is 1. The highest BCUT2D eigenvalue weighted by Gasteiger charge is 2.24. The quantitative estimate of drug-likeness (QED) is 0.296. The van der Waals surface area contributed by atoms with Crippen LogP contribution in [0.5, 0.6) is 11.5 Å². The van der Waals surface area contributed by atoms with Crippen molar-refractivity contribution in [3.8, 4) is 40.0 Å². The van der Waals surface area contributed by atoms with Gasteiger partial charge in [-0.1, -0.05) is 80.1 Å². The van der Waals surface area contributed by atoms with Gasteiger partial charge in [0, 0.05) is 23.9 Å². The lowest BCUT2D eigenvalue weighted by molar-refractivity contribution is 0.373. The highest BCUT2D eigenvalue weighted by Crippen LogP contribution is 2.43.